The average Bonchev–Trinajstić information content (AvgIpc) is 3.21. The second-order valence-corrected chi connectivity index (χ2v) is 7.20. The van der Waals surface area contributed by atoms with Gasteiger partial charge in [0.25, 0.3) is 0 Å². The Morgan fingerprint density at radius 1 is 1.00 bits per heavy atom. The number of aromatic amines is 1. The lowest BCUT2D eigenvalue weighted by Gasteiger charge is -2.35. The van der Waals surface area contributed by atoms with Gasteiger partial charge >= 0.3 is 0 Å². The van der Waals surface area contributed by atoms with Crippen molar-refractivity contribution in [3.63, 3.8) is 0 Å². The van der Waals surface area contributed by atoms with Crippen LogP contribution >= 0.6 is 0 Å². The van der Waals surface area contributed by atoms with E-state index in [1.165, 1.54) is 5.56 Å². The Bertz CT molecular complexity index is 808. The summed E-state index contributed by atoms with van der Waals surface area (Å²) in [6, 6.07) is 9.88. The maximum Gasteiger partial charge on any atom is 0.228 e. The van der Waals surface area contributed by atoms with E-state index in [1.54, 1.807) is 0 Å². The zero-order valence-electron chi connectivity index (χ0n) is 15.4. The summed E-state index contributed by atoms with van der Waals surface area (Å²) in [4.78, 5) is 31.8. The molecule has 1 saturated heterocycles. The minimum absolute atomic E-state index is 0.110. The van der Waals surface area contributed by atoms with Crippen molar-refractivity contribution >= 4 is 11.8 Å². The van der Waals surface area contributed by atoms with Gasteiger partial charge in [0.1, 0.15) is 5.75 Å². The Morgan fingerprint density at radius 2 is 1.74 bits per heavy atom. The topological polar surface area (TPSA) is 65.6 Å². The number of carbonyl (C=O) groups excluding carboxylic acids is 2. The highest BCUT2D eigenvalue weighted by Gasteiger charge is 2.24. The van der Waals surface area contributed by atoms with E-state index in [0.717, 1.165) is 36.5 Å². The summed E-state index contributed by atoms with van der Waals surface area (Å²) in [6.45, 7) is 3.18. The second-order valence-electron chi connectivity index (χ2n) is 7.20. The van der Waals surface area contributed by atoms with Gasteiger partial charge < -0.3 is 19.5 Å². The summed E-state index contributed by atoms with van der Waals surface area (Å²) < 4.78 is 5.64. The van der Waals surface area contributed by atoms with Gasteiger partial charge in [-0.05, 0) is 42.2 Å². The number of hydrogen-bond donors (Lipinski definition) is 1. The van der Waals surface area contributed by atoms with Crippen molar-refractivity contribution in [3.8, 4) is 5.75 Å². The van der Waals surface area contributed by atoms with Gasteiger partial charge in [0, 0.05) is 38.1 Å². The first-order chi connectivity index (χ1) is 13.2. The molecule has 142 valence electrons. The zero-order chi connectivity index (χ0) is 18.6. The highest BCUT2D eigenvalue weighted by Crippen LogP contribution is 2.26. The predicted octanol–water partition coefficient (Wildman–Crippen LogP) is 1.80. The van der Waals surface area contributed by atoms with E-state index >= 15 is 0 Å². The molecule has 2 aliphatic heterocycles. The third-order valence-electron chi connectivity index (χ3n) is 5.32. The van der Waals surface area contributed by atoms with Gasteiger partial charge in [-0.25, -0.2) is 0 Å². The van der Waals surface area contributed by atoms with Crippen LogP contribution in [0, 0.1) is 0 Å². The average molecular weight is 367 g/mol. The van der Waals surface area contributed by atoms with Gasteiger partial charge in [-0.2, -0.15) is 0 Å². The van der Waals surface area contributed by atoms with E-state index in [1.807, 2.05) is 40.3 Å². The number of aryl methyl sites for hydroxylation is 1. The molecule has 27 heavy (non-hydrogen) atoms. The fourth-order valence-corrected chi connectivity index (χ4v) is 3.77. The van der Waals surface area contributed by atoms with Crippen LogP contribution in [0.15, 0.2) is 36.5 Å². The number of carbonyl (C=O) groups is 2. The monoisotopic (exact) mass is 367 g/mol. The van der Waals surface area contributed by atoms with Crippen LogP contribution in [-0.4, -0.2) is 59.4 Å². The van der Waals surface area contributed by atoms with Crippen LogP contribution in [0.4, 0.5) is 0 Å². The Morgan fingerprint density at radius 3 is 2.44 bits per heavy atom. The number of H-pyrrole nitrogens is 1. The molecule has 2 aliphatic rings. The van der Waals surface area contributed by atoms with E-state index in [-0.39, 0.29) is 11.8 Å². The molecule has 4 rings (SSSR count). The molecule has 2 amide bonds. The molecule has 0 aliphatic carbocycles. The third kappa shape index (κ3) is 4.15. The van der Waals surface area contributed by atoms with Gasteiger partial charge in [-0.15, -0.1) is 0 Å². The van der Waals surface area contributed by atoms with Gasteiger partial charge in [0.05, 0.1) is 19.4 Å². The quantitative estimate of drug-likeness (QED) is 0.896. The Kier molecular flexibility index (Phi) is 5.14. The molecule has 2 aromatic rings. The minimum Gasteiger partial charge on any atom is -0.493 e. The van der Waals surface area contributed by atoms with E-state index in [0.29, 0.717) is 39.0 Å². The normalized spacial score (nSPS) is 16.6. The molecular formula is C21H25N3O3. The van der Waals surface area contributed by atoms with Gasteiger partial charge in [-0.3, -0.25) is 9.59 Å². The molecule has 0 unspecified atom stereocenters. The van der Waals surface area contributed by atoms with Crippen LogP contribution in [-0.2, 0) is 28.9 Å². The summed E-state index contributed by atoms with van der Waals surface area (Å²) in [5.74, 6) is 1.19. The zero-order valence-corrected chi connectivity index (χ0v) is 15.4. The molecular weight excluding hydrogens is 342 g/mol. The number of rotatable bonds is 4. The summed E-state index contributed by atoms with van der Waals surface area (Å²) in [5.41, 5.74) is 3.16. The summed E-state index contributed by atoms with van der Waals surface area (Å²) >= 11 is 0. The lowest BCUT2D eigenvalue weighted by atomic mass is 10.0. The molecule has 0 saturated carbocycles. The Labute approximate surface area is 159 Å². The number of fused-ring (bicyclic) bond motifs is 1. The number of aromatic nitrogens is 1. The van der Waals surface area contributed by atoms with Gasteiger partial charge in [-0.1, -0.05) is 12.1 Å². The minimum atomic E-state index is 0.110. The molecule has 3 heterocycles. The van der Waals surface area contributed by atoms with Crippen molar-refractivity contribution in [1.29, 1.82) is 0 Å². The molecule has 0 atom stereocenters. The van der Waals surface area contributed by atoms with Crippen molar-refractivity contribution in [3.05, 3.63) is 53.3 Å². The number of nitrogens with one attached hydrogen (secondary N) is 1. The van der Waals surface area contributed by atoms with Crippen molar-refractivity contribution < 1.29 is 14.3 Å². The van der Waals surface area contributed by atoms with Crippen LogP contribution in [0.1, 0.15) is 23.2 Å². The molecule has 1 aromatic carbocycles. The fourth-order valence-electron chi connectivity index (χ4n) is 3.77. The number of nitrogens with zero attached hydrogens (tertiary/aromatic N) is 2. The molecule has 6 nitrogen and oxygen atoms in total. The molecule has 0 bridgehead atoms. The Hall–Kier alpha value is -2.76. The lowest BCUT2D eigenvalue weighted by molar-refractivity contribution is -0.138. The summed E-state index contributed by atoms with van der Waals surface area (Å²) in [6.07, 6.45) is 4.66. The number of benzene rings is 1. The smallest absolute Gasteiger partial charge is 0.228 e. The van der Waals surface area contributed by atoms with Crippen LogP contribution in [0.2, 0.25) is 0 Å². The molecule has 1 N–H and O–H groups in total. The van der Waals surface area contributed by atoms with E-state index in [9.17, 15) is 9.59 Å². The van der Waals surface area contributed by atoms with Crippen LogP contribution < -0.4 is 4.74 Å². The van der Waals surface area contributed by atoms with Crippen LogP contribution in [0.25, 0.3) is 0 Å². The molecule has 1 fully saturated rings. The Balaban J connectivity index is 1.29. The predicted molar refractivity (Wildman–Crippen MR) is 102 cm³/mol. The number of piperazine rings is 1. The van der Waals surface area contributed by atoms with Crippen LogP contribution in [0.3, 0.4) is 0 Å². The van der Waals surface area contributed by atoms with Crippen LogP contribution in [0.5, 0.6) is 5.75 Å². The highest BCUT2D eigenvalue weighted by atomic mass is 16.5. The maximum atomic E-state index is 12.7. The standard InChI is InChI=1S/C21H25N3O3/c25-20(14-16-5-6-19-17(13-16)3-2-12-27-19)23-8-10-24(11-9-23)21(26)15-18-4-1-7-22-18/h1,4-7,13,22H,2-3,8-12,14-15H2. The van der Waals surface area contributed by atoms with Crippen molar-refractivity contribution in [1.82, 2.24) is 14.8 Å². The first-order valence-electron chi connectivity index (χ1n) is 9.61. The molecule has 6 heteroatoms. The van der Waals surface area contributed by atoms with Crippen molar-refractivity contribution in [2.75, 3.05) is 32.8 Å². The second kappa shape index (κ2) is 7.86. The first-order valence-corrected chi connectivity index (χ1v) is 9.61. The molecule has 1 aromatic heterocycles. The third-order valence-corrected chi connectivity index (χ3v) is 5.32. The van der Waals surface area contributed by atoms with E-state index in [4.69, 9.17) is 4.74 Å². The van der Waals surface area contributed by atoms with E-state index < -0.39 is 0 Å². The number of amides is 2. The van der Waals surface area contributed by atoms with Gasteiger partial charge in [0.2, 0.25) is 11.8 Å². The maximum absolute atomic E-state index is 12.7. The largest absolute Gasteiger partial charge is 0.493 e. The fraction of sp³-hybridized carbons (Fsp3) is 0.429. The van der Waals surface area contributed by atoms with Crippen molar-refractivity contribution in [2.24, 2.45) is 0 Å². The summed E-state index contributed by atoms with van der Waals surface area (Å²) in [7, 11) is 0. The number of ether oxygens (including phenoxy) is 1. The SMILES string of the molecule is O=C(Cc1ccc2c(c1)CCCO2)N1CCN(C(=O)Cc2ccc[nH]2)CC1. The van der Waals surface area contributed by atoms with Crippen molar-refractivity contribution in [2.45, 2.75) is 25.7 Å². The first kappa shape index (κ1) is 17.6. The molecule has 0 radical (unpaired) electrons. The number of hydrogen-bond acceptors (Lipinski definition) is 3. The summed E-state index contributed by atoms with van der Waals surface area (Å²) in [5, 5.41) is 0. The lowest BCUT2D eigenvalue weighted by Crippen LogP contribution is -2.51. The highest BCUT2D eigenvalue weighted by molar-refractivity contribution is 5.81. The molecule has 0 spiro atoms. The van der Waals surface area contributed by atoms with E-state index in [2.05, 4.69) is 11.1 Å². The van der Waals surface area contributed by atoms with Gasteiger partial charge in [0.15, 0.2) is 0 Å².